The van der Waals surface area contributed by atoms with E-state index in [1.165, 1.54) is 50.1 Å². The molecule has 0 amide bonds. The van der Waals surface area contributed by atoms with Crippen molar-refractivity contribution in [3.8, 4) is 55.6 Å². The second-order valence-electron chi connectivity index (χ2n) is 9.65. The summed E-state index contributed by atoms with van der Waals surface area (Å²) in [5.74, 6) is 0. The van der Waals surface area contributed by atoms with Crippen LogP contribution >= 0.6 is 0 Å². The van der Waals surface area contributed by atoms with Gasteiger partial charge in [0, 0.05) is 16.3 Å². The number of hydrogen-bond donors (Lipinski definition) is 0. The SMILES string of the molecule is c1ccc2c(c1)-c1ccccc1-c1cccc(-c3cccc4c3oc3ccccc34)c1-c1ccccc1-2. The third kappa shape index (κ3) is 2.92. The van der Waals surface area contributed by atoms with Gasteiger partial charge in [-0.1, -0.05) is 127 Å². The van der Waals surface area contributed by atoms with E-state index < -0.39 is 0 Å². The lowest BCUT2D eigenvalue weighted by atomic mass is 9.78. The van der Waals surface area contributed by atoms with Gasteiger partial charge in [0.25, 0.3) is 0 Å². The fourth-order valence-electron chi connectivity index (χ4n) is 6.09. The minimum Gasteiger partial charge on any atom is -0.455 e. The second-order valence-corrected chi connectivity index (χ2v) is 9.65. The van der Waals surface area contributed by atoms with E-state index in [0.717, 1.165) is 27.5 Å². The third-order valence-electron chi connectivity index (χ3n) is 7.68. The molecule has 0 unspecified atom stereocenters. The number of fused-ring (bicyclic) bond motifs is 11. The highest BCUT2D eigenvalue weighted by atomic mass is 16.3. The predicted molar refractivity (Wildman–Crippen MR) is 154 cm³/mol. The summed E-state index contributed by atoms with van der Waals surface area (Å²) in [6, 6.07) is 47.9. The summed E-state index contributed by atoms with van der Waals surface area (Å²) >= 11 is 0. The van der Waals surface area contributed by atoms with Crippen LogP contribution in [-0.4, -0.2) is 0 Å². The molecule has 0 atom stereocenters. The molecule has 0 N–H and O–H groups in total. The fraction of sp³-hybridized carbons (Fsp3) is 0. The minimum atomic E-state index is 0.920. The van der Waals surface area contributed by atoms with Crippen molar-refractivity contribution in [2.45, 2.75) is 0 Å². The highest BCUT2D eigenvalue weighted by molar-refractivity contribution is 6.13. The summed E-state index contributed by atoms with van der Waals surface area (Å²) in [6.07, 6.45) is 0. The van der Waals surface area contributed by atoms with Crippen LogP contribution in [0.4, 0.5) is 0 Å². The van der Waals surface area contributed by atoms with Crippen LogP contribution in [-0.2, 0) is 0 Å². The Labute approximate surface area is 215 Å². The Hall–Kier alpha value is -4.88. The maximum absolute atomic E-state index is 6.50. The molecule has 1 aliphatic rings. The quantitative estimate of drug-likeness (QED) is 0.233. The topological polar surface area (TPSA) is 13.1 Å². The van der Waals surface area contributed by atoms with Crippen LogP contribution in [0.5, 0.6) is 0 Å². The van der Waals surface area contributed by atoms with Gasteiger partial charge in [0.15, 0.2) is 0 Å². The summed E-state index contributed by atoms with van der Waals surface area (Å²) in [6.45, 7) is 0. The summed E-state index contributed by atoms with van der Waals surface area (Å²) in [5, 5.41) is 2.30. The lowest BCUT2D eigenvalue weighted by molar-refractivity contribution is 0.670. The number of hydrogen-bond acceptors (Lipinski definition) is 1. The summed E-state index contributed by atoms with van der Waals surface area (Å²) in [5.41, 5.74) is 14.2. The molecule has 0 fully saturated rings. The maximum atomic E-state index is 6.50. The Morgan fingerprint density at radius 1 is 0.297 bits per heavy atom. The van der Waals surface area contributed by atoms with E-state index in [1.54, 1.807) is 0 Å². The Balaban J connectivity index is 1.54. The first-order valence-corrected chi connectivity index (χ1v) is 12.7. The molecule has 1 heteroatoms. The van der Waals surface area contributed by atoms with Crippen LogP contribution in [0.15, 0.2) is 138 Å². The minimum absolute atomic E-state index is 0.920. The molecule has 172 valence electrons. The molecule has 0 saturated heterocycles. The van der Waals surface area contributed by atoms with Crippen LogP contribution in [0, 0.1) is 0 Å². The molecule has 7 aromatic rings. The monoisotopic (exact) mass is 470 g/mol. The lowest BCUT2D eigenvalue weighted by Gasteiger charge is -2.25. The first kappa shape index (κ1) is 20.3. The first-order chi connectivity index (χ1) is 18.4. The number of furan rings is 1. The number of rotatable bonds is 1. The van der Waals surface area contributed by atoms with Crippen molar-refractivity contribution in [2.24, 2.45) is 0 Å². The molecule has 1 aliphatic carbocycles. The largest absolute Gasteiger partial charge is 0.455 e. The maximum Gasteiger partial charge on any atom is 0.143 e. The second kappa shape index (κ2) is 7.81. The zero-order chi connectivity index (χ0) is 24.3. The normalized spacial score (nSPS) is 11.8. The number of para-hydroxylation sites is 2. The molecular formula is C36H22O. The van der Waals surface area contributed by atoms with Gasteiger partial charge < -0.3 is 4.42 Å². The average molecular weight is 471 g/mol. The molecule has 1 aromatic heterocycles. The van der Waals surface area contributed by atoms with Gasteiger partial charge in [-0.15, -0.1) is 0 Å². The van der Waals surface area contributed by atoms with Crippen LogP contribution in [0.3, 0.4) is 0 Å². The molecular weight excluding hydrogens is 448 g/mol. The van der Waals surface area contributed by atoms with Crippen molar-refractivity contribution < 1.29 is 4.42 Å². The third-order valence-corrected chi connectivity index (χ3v) is 7.68. The molecule has 0 bridgehead atoms. The van der Waals surface area contributed by atoms with Crippen molar-refractivity contribution in [1.29, 1.82) is 0 Å². The fourth-order valence-corrected chi connectivity index (χ4v) is 6.09. The average Bonchev–Trinajstić information content (AvgIpc) is 3.35. The van der Waals surface area contributed by atoms with Gasteiger partial charge in [-0.25, -0.2) is 0 Å². The van der Waals surface area contributed by atoms with Gasteiger partial charge in [-0.2, -0.15) is 0 Å². The van der Waals surface area contributed by atoms with Gasteiger partial charge >= 0.3 is 0 Å². The summed E-state index contributed by atoms with van der Waals surface area (Å²) in [7, 11) is 0. The smallest absolute Gasteiger partial charge is 0.143 e. The van der Waals surface area contributed by atoms with E-state index in [2.05, 4.69) is 127 Å². The standard InChI is InChI=1S/C36H22O/c1-2-12-24-23(11-1)25-13-3-4-14-27(25)30-18-9-19-31(35(30)29-17-6-5-15-26(24)29)33-21-10-20-32-28-16-7-8-22-34(28)37-36(32)33/h1-22H. The van der Waals surface area contributed by atoms with Crippen LogP contribution < -0.4 is 0 Å². The summed E-state index contributed by atoms with van der Waals surface area (Å²) in [4.78, 5) is 0. The zero-order valence-electron chi connectivity index (χ0n) is 20.1. The Morgan fingerprint density at radius 2 is 0.703 bits per heavy atom. The van der Waals surface area contributed by atoms with Crippen LogP contribution in [0.1, 0.15) is 0 Å². The zero-order valence-corrected chi connectivity index (χ0v) is 20.1. The van der Waals surface area contributed by atoms with E-state index in [0.29, 0.717) is 0 Å². The van der Waals surface area contributed by atoms with Crippen LogP contribution in [0.25, 0.3) is 77.6 Å². The van der Waals surface area contributed by atoms with Gasteiger partial charge in [-0.3, -0.25) is 0 Å². The van der Waals surface area contributed by atoms with Crippen molar-refractivity contribution in [3.63, 3.8) is 0 Å². The molecule has 0 aliphatic heterocycles. The lowest BCUT2D eigenvalue weighted by Crippen LogP contribution is -1.98. The molecule has 0 spiro atoms. The Kier molecular flexibility index (Phi) is 4.29. The van der Waals surface area contributed by atoms with Crippen LogP contribution in [0.2, 0.25) is 0 Å². The van der Waals surface area contributed by atoms with E-state index in [1.807, 2.05) is 6.07 Å². The van der Waals surface area contributed by atoms with E-state index in [9.17, 15) is 0 Å². The van der Waals surface area contributed by atoms with E-state index in [4.69, 9.17) is 4.42 Å². The molecule has 8 rings (SSSR count). The molecule has 0 radical (unpaired) electrons. The van der Waals surface area contributed by atoms with Crippen molar-refractivity contribution in [1.82, 2.24) is 0 Å². The van der Waals surface area contributed by atoms with Crippen molar-refractivity contribution >= 4 is 21.9 Å². The van der Waals surface area contributed by atoms with Gasteiger partial charge in [0.05, 0.1) is 0 Å². The van der Waals surface area contributed by atoms with E-state index >= 15 is 0 Å². The molecule has 1 heterocycles. The highest BCUT2D eigenvalue weighted by Crippen LogP contribution is 2.51. The Bertz CT molecular complexity index is 1980. The van der Waals surface area contributed by atoms with Crippen molar-refractivity contribution in [3.05, 3.63) is 133 Å². The predicted octanol–water partition coefficient (Wildman–Crippen LogP) is 10.2. The molecule has 1 nitrogen and oxygen atoms in total. The highest BCUT2D eigenvalue weighted by Gasteiger charge is 2.24. The van der Waals surface area contributed by atoms with Crippen molar-refractivity contribution in [2.75, 3.05) is 0 Å². The first-order valence-electron chi connectivity index (χ1n) is 12.7. The van der Waals surface area contributed by atoms with E-state index in [-0.39, 0.29) is 0 Å². The summed E-state index contributed by atoms with van der Waals surface area (Å²) < 4.78 is 6.50. The number of benzene rings is 6. The Morgan fingerprint density at radius 3 is 1.38 bits per heavy atom. The molecule has 6 aromatic carbocycles. The molecule has 0 saturated carbocycles. The van der Waals surface area contributed by atoms with Gasteiger partial charge in [0.2, 0.25) is 0 Å². The molecule has 37 heavy (non-hydrogen) atoms. The van der Waals surface area contributed by atoms with Gasteiger partial charge in [0.1, 0.15) is 11.2 Å². The van der Waals surface area contributed by atoms with Gasteiger partial charge in [-0.05, 0) is 56.1 Å².